The predicted molar refractivity (Wildman–Crippen MR) is 79.8 cm³/mol. The fourth-order valence-electron chi connectivity index (χ4n) is 3.62. The third-order valence-corrected chi connectivity index (χ3v) is 4.72. The van der Waals surface area contributed by atoms with Crippen molar-refractivity contribution in [2.45, 2.75) is 24.8 Å². The van der Waals surface area contributed by atoms with Crippen LogP contribution >= 0.6 is 0 Å². The molecular weight excluding hydrogens is 246 g/mol. The summed E-state index contributed by atoms with van der Waals surface area (Å²) >= 11 is 0. The number of phenolic OH excluding ortho intramolecular Hbond substituents is 1. The molecule has 2 aromatic rings. The number of benzene rings is 2. The van der Waals surface area contributed by atoms with Gasteiger partial charge in [-0.1, -0.05) is 36.4 Å². The molecular formula is C18H19NO. The van der Waals surface area contributed by atoms with Crippen molar-refractivity contribution in [1.29, 1.82) is 0 Å². The van der Waals surface area contributed by atoms with E-state index in [2.05, 4.69) is 41.7 Å². The van der Waals surface area contributed by atoms with E-state index in [1.165, 1.54) is 23.1 Å². The zero-order chi connectivity index (χ0) is 13.5. The van der Waals surface area contributed by atoms with Gasteiger partial charge in [-0.15, -0.1) is 0 Å². The smallest absolute Gasteiger partial charge is 0.115 e. The Morgan fingerprint density at radius 3 is 2.75 bits per heavy atom. The summed E-state index contributed by atoms with van der Waals surface area (Å²) in [7, 11) is 0. The quantitative estimate of drug-likeness (QED) is 0.872. The highest BCUT2D eigenvalue weighted by atomic mass is 16.3. The number of hydrogen-bond donors (Lipinski definition) is 2. The molecule has 0 bridgehead atoms. The Balaban J connectivity index is 1.62. The van der Waals surface area contributed by atoms with Crippen LogP contribution in [0.3, 0.4) is 0 Å². The Bertz CT molecular complexity index is 623. The fourth-order valence-corrected chi connectivity index (χ4v) is 3.62. The number of rotatable bonds is 2. The second-order valence-electron chi connectivity index (χ2n) is 5.98. The van der Waals surface area contributed by atoms with Crippen LogP contribution in [0.1, 0.15) is 35.1 Å². The summed E-state index contributed by atoms with van der Waals surface area (Å²) in [4.78, 5) is 0. The SMILES string of the molecule is Oc1ccc2c(c1)C(C1CC1c1ccccc1)NCC2. The monoisotopic (exact) mass is 265 g/mol. The van der Waals surface area contributed by atoms with Gasteiger partial charge < -0.3 is 10.4 Å². The highest BCUT2D eigenvalue weighted by Crippen LogP contribution is 2.55. The molecule has 2 N–H and O–H groups in total. The molecule has 2 aromatic carbocycles. The largest absolute Gasteiger partial charge is 0.508 e. The van der Waals surface area contributed by atoms with Gasteiger partial charge in [0.2, 0.25) is 0 Å². The summed E-state index contributed by atoms with van der Waals surface area (Å²) in [6, 6.07) is 17.0. The molecule has 0 saturated heterocycles. The topological polar surface area (TPSA) is 32.3 Å². The van der Waals surface area contributed by atoms with Gasteiger partial charge in [-0.3, -0.25) is 0 Å². The molecule has 3 atom stereocenters. The van der Waals surface area contributed by atoms with Crippen LogP contribution in [0, 0.1) is 5.92 Å². The first-order chi connectivity index (χ1) is 9.83. The number of aromatic hydroxyl groups is 1. The Morgan fingerprint density at radius 2 is 1.90 bits per heavy atom. The van der Waals surface area contributed by atoms with Crippen molar-refractivity contribution < 1.29 is 5.11 Å². The van der Waals surface area contributed by atoms with Crippen molar-refractivity contribution in [2.75, 3.05) is 6.54 Å². The zero-order valence-corrected chi connectivity index (χ0v) is 11.4. The van der Waals surface area contributed by atoms with Crippen molar-refractivity contribution in [3.05, 3.63) is 65.2 Å². The lowest BCUT2D eigenvalue weighted by Gasteiger charge is -2.27. The zero-order valence-electron chi connectivity index (χ0n) is 11.4. The molecule has 2 aliphatic rings. The third-order valence-electron chi connectivity index (χ3n) is 4.72. The van der Waals surface area contributed by atoms with Gasteiger partial charge in [0, 0.05) is 6.04 Å². The normalized spacial score (nSPS) is 27.9. The minimum absolute atomic E-state index is 0.384. The van der Waals surface area contributed by atoms with Gasteiger partial charge in [-0.05, 0) is 60.0 Å². The molecule has 1 heterocycles. The fraction of sp³-hybridized carbons (Fsp3) is 0.333. The summed E-state index contributed by atoms with van der Waals surface area (Å²) in [5.41, 5.74) is 4.15. The highest BCUT2D eigenvalue weighted by Gasteiger charge is 2.45. The van der Waals surface area contributed by atoms with E-state index in [9.17, 15) is 5.11 Å². The molecule has 1 saturated carbocycles. The van der Waals surface area contributed by atoms with E-state index in [4.69, 9.17) is 0 Å². The van der Waals surface area contributed by atoms with E-state index in [1.807, 2.05) is 12.1 Å². The molecule has 4 rings (SSSR count). The van der Waals surface area contributed by atoms with Crippen molar-refractivity contribution in [1.82, 2.24) is 5.32 Å². The van der Waals surface area contributed by atoms with E-state index >= 15 is 0 Å². The van der Waals surface area contributed by atoms with Gasteiger partial charge in [0.1, 0.15) is 5.75 Å². The number of fused-ring (bicyclic) bond motifs is 1. The van der Waals surface area contributed by atoms with Gasteiger partial charge >= 0.3 is 0 Å². The summed E-state index contributed by atoms with van der Waals surface area (Å²) in [5, 5.41) is 13.4. The van der Waals surface area contributed by atoms with Gasteiger partial charge in [-0.2, -0.15) is 0 Å². The van der Waals surface area contributed by atoms with Crippen LogP contribution in [0.15, 0.2) is 48.5 Å². The molecule has 0 aromatic heterocycles. The summed E-state index contributed by atoms with van der Waals surface area (Å²) in [6.07, 6.45) is 2.31. The standard InChI is InChI=1S/C18H19NO/c20-14-7-6-13-8-9-19-18(16(13)10-14)17-11-15(17)12-4-2-1-3-5-12/h1-7,10,15,17-20H,8-9,11H2. The number of hydrogen-bond acceptors (Lipinski definition) is 2. The van der Waals surface area contributed by atoms with E-state index in [0.717, 1.165) is 13.0 Å². The molecule has 3 unspecified atom stereocenters. The first kappa shape index (κ1) is 12.0. The Kier molecular flexibility index (Phi) is 2.78. The molecule has 0 spiro atoms. The van der Waals surface area contributed by atoms with Crippen LogP contribution in [0.25, 0.3) is 0 Å². The molecule has 2 nitrogen and oxygen atoms in total. The number of phenols is 1. The molecule has 2 heteroatoms. The van der Waals surface area contributed by atoms with Crippen LogP contribution in [0.2, 0.25) is 0 Å². The average molecular weight is 265 g/mol. The third kappa shape index (κ3) is 2.01. The van der Waals surface area contributed by atoms with Crippen LogP contribution in [0.5, 0.6) is 5.75 Å². The van der Waals surface area contributed by atoms with E-state index in [1.54, 1.807) is 0 Å². The first-order valence-corrected chi connectivity index (χ1v) is 7.43. The van der Waals surface area contributed by atoms with Gasteiger partial charge in [0.05, 0.1) is 0 Å². The molecule has 102 valence electrons. The lowest BCUT2D eigenvalue weighted by Crippen LogP contribution is -2.31. The lowest BCUT2D eigenvalue weighted by atomic mass is 9.90. The molecule has 1 aliphatic heterocycles. The van der Waals surface area contributed by atoms with E-state index in [-0.39, 0.29) is 0 Å². The van der Waals surface area contributed by atoms with Crippen LogP contribution in [-0.2, 0) is 6.42 Å². The molecule has 1 fully saturated rings. The average Bonchev–Trinajstić information content (AvgIpc) is 3.28. The van der Waals surface area contributed by atoms with Crippen LogP contribution in [0.4, 0.5) is 0 Å². The second kappa shape index (κ2) is 4.64. The maximum absolute atomic E-state index is 9.76. The van der Waals surface area contributed by atoms with Crippen LogP contribution in [-0.4, -0.2) is 11.7 Å². The van der Waals surface area contributed by atoms with Crippen LogP contribution < -0.4 is 5.32 Å². The van der Waals surface area contributed by atoms with Crippen molar-refractivity contribution in [2.24, 2.45) is 5.92 Å². The van der Waals surface area contributed by atoms with Gasteiger partial charge in [0.15, 0.2) is 0 Å². The summed E-state index contributed by atoms with van der Waals surface area (Å²) in [5.74, 6) is 1.72. The Hall–Kier alpha value is -1.80. The van der Waals surface area contributed by atoms with Gasteiger partial charge in [-0.25, -0.2) is 0 Å². The van der Waals surface area contributed by atoms with E-state index < -0.39 is 0 Å². The molecule has 0 amide bonds. The summed E-state index contributed by atoms with van der Waals surface area (Å²) < 4.78 is 0. The maximum Gasteiger partial charge on any atom is 0.115 e. The Labute approximate surface area is 119 Å². The molecule has 0 radical (unpaired) electrons. The second-order valence-corrected chi connectivity index (χ2v) is 5.98. The Morgan fingerprint density at radius 1 is 1.05 bits per heavy atom. The molecule has 20 heavy (non-hydrogen) atoms. The summed E-state index contributed by atoms with van der Waals surface area (Å²) in [6.45, 7) is 1.04. The van der Waals surface area contributed by atoms with E-state index in [0.29, 0.717) is 23.6 Å². The highest BCUT2D eigenvalue weighted by molar-refractivity contribution is 5.41. The van der Waals surface area contributed by atoms with Crippen molar-refractivity contribution in [3.8, 4) is 5.75 Å². The maximum atomic E-state index is 9.76. The lowest BCUT2D eigenvalue weighted by molar-refractivity contribution is 0.439. The van der Waals surface area contributed by atoms with Crippen molar-refractivity contribution >= 4 is 0 Å². The first-order valence-electron chi connectivity index (χ1n) is 7.43. The predicted octanol–water partition coefficient (Wildman–Crippen LogP) is 3.38. The number of nitrogens with one attached hydrogen (secondary N) is 1. The minimum Gasteiger partial charge on any atom is -0.508 e. The van der Waals surface area contributed by atoms with Crippen molar-refractivity contribution in [3.63, 3.8) is 0 Å². The minimum atomic E-state index is 0.384. The van der Waals surface area contributed by atoms with Gasteiger partial charge in [0.25, 0.3) is 0 Å². The molecule has 1 aliphatic carbocycles.